The molecule has 1 N–H and O–H groups in total. The minimum absolute atomic E-state index is 0.372. The van der Waals surface area contributed by atoms with Crippen molar-refractivity contribution in [1.82, 2.24) is 5.43 Å². The van der Waals surface area contributed by atoms with Crippen LogP contribution in [0.4, 0.5) is 0 Å². The van der Waals surface area contributed by atoms with Gasteiger partial charge in [-0.05, 0) is 76.2 Å². The van der Waals surface area contributed by atoms with Crippen LogP contribution in [0.2, 0.25) is 0 Å². The number of benzene rings is 3. The molecule has 3 aromatic rings. The summed E-state index contributed by atoms with van der Waals surface area (Å²) in [7, 11) is 4.63. The minimum Gasteiger partial charge on any atom is -0.493 e. The lowest BCUT2D eigenvalue weighted by molar-refractivity contribution is 0.0954. The van der Waals surface area contributed by atoms with Crippen molar-refractivity contribution in [2.45, 2.75) is 6.61 Å². The van der Waals surface area contributed by atoms with Crippen molar-refractivity contribution in [3.05, 3.63) is 79.3 Å². The molecule has 0 saturated heterocycles. The van der Waals surface area contributed by atoms with Gasteiger partial charge in [0, 0.05) is 10.0 Å². The Morgan fingerprint density at radius 1 is 0.970 bits per heavy atom. The number of nitrogens with zero attached hydrogens (tertiary/aromatic N) is 1. The third-order valence-electron chi connectivity index (χ3n) is 4.57. The zero-order valence-electron chi connectivity index (χ0n) is 18.2. The summed E-state index contributed by atoms with van der Waals surface area (Å²) in [6.07, 6.45) is 1.54. The zero-order chi connectivity index (χ0) is 23.8. The summed E-state index contributed by atoms with van der Waals surface area (Å²) in [4.78, 5) is 12.4. The molecule has 33 heavy (non-hydrogen) atoms. The van der Waals surface area contributed by atoms with Crippen LogP contribution in [0.15, 0.2) is 64.2 Å². The van der Waals surface area contributed by atoms with Gasteiger partial charge >= 0.3 is 0 Å². The molecule has 0 fully saturated rings. The van der Waals surface area contributed by atoms with Crippen molar-refractivity contribution in [3.8, 4) is 23.0 Å². The predicted molar refractivity (Wildman–Crippen MR) is 139 cm³/mol. The molecule has 3 aromatic carbocycles. The van der Waals surface area contributed by atoms with E-state index in [0.717, 1.165) is 19.2 Å². The molecule has 0 bridgehead atoms. The molecule has 0 aliphatic heterocycles. The maximum atomic E-state index is 12.4. The Morgan fingerprint density at radius 2 is 1.67 bits per heavy atom. The summed E-state index contributed by atoms with van der Waals surface area (Å²) in [5, 5.41) is 4.06. The molecule has 0 aliphatic carbocycles. The summed E-state index contributed by atoms with van der Waals surface area (Å²) in [6.45, 7) is 0.411. The van der Waals surface area contributed by atoms with Gasteiger partial charge in [0.05, 0.1) is 31.1 Å². The monoisotopic (exact) mass is 624 g/mol. The SMILES string of the molecule is COc1ccc(C(=O)N/N=C/c2cc(I)c(OCc3ccc(Br)cc3)c(OC)c2)cc1OC. The van der Waals surface area contributed by atoms with Gasteiger partial charge in [0.15, 0.2) is 23.0 Å². The molecule has 0 radical (unpaired) electrons. The predicted octanol–water partition coefficient (Wildman–Crippen LogP) is 5.42. The summed E-state index contributed by atoms with van der Waals surface area (Å²) >= 11 is 5.61. The third-order valence-corrected chi connectivity index (χ3v) is 5.90. The number of hydrogen-bond donors (Lipinski definition) is 1. The number of hydrogen-bond acceptors (Lipinski definition) is 6. The fourth-order valence-corrected chi connectivity index (χ4v) is 3.94. The summed E-state index contributed by atoms with van der Waals surface area (Å²) in [6, 6.07) is 16.5. The van der Waals surface area contributed by atoms with E-state index in [4.69, 9.17) is 18.9 Å². The van der Waals surface area contributed by atoms with E-state index in [2.05, 4.69) is 49.0 Å². The highest BCUT2D eigenvalue weighted by Crippen LogP contribution is 2.34. The van der Waals surface area contributed by atoms with Crippen LogP contribution in [-0.2, 0) is 6.61 Å². The number of amides is 1. The van der Waals surface area contributed by atoms with E-state index in [1.54, 1.807) is 37.6 Å². The van der Waals surface area contributed by atoms with Crippen molar-refractivity contribution >= 4 is 50.6 Å². The largest absolute Gasteiger partial charge is 0.493 e. The highest BCUT2D eigenvalue weighted by molar-refractivity contribution is 14.1. The van der Waals surface area contributed by atoms with Crippen LogP contribution in [0, 0.1) is 3.57 Å². The molecular formula is C24H22BrIN2O5. The standard InChI is InChI=1S/C24H22BrIN2O5/c1-30-20-9-6-17(12-21(20)31-2)24(29)28-27-13-16-10-19(26)23(22(11-16)32-3)33-14-15-4-7-18(25)8-5-15/h4-13H,14H2,1-3H3,(H,28,29)/b27-13+. The minimum atomic E-state index is -0.372. The van der Waals surface area contributed by atoms with Gasteiger partial charge < -0.3 is 18.9 Å². The summed E-state index contributed by atoms with van der Waals surface area (Å²) in [5.41, 5.74) is 4.70. The Balaban J connectivity index is 1.68. The molecule has 3 rings (SSSR count). The van der Waals surface area contributed by atoms with Gasteiger partial charge in [-0.3, -0.25) is 4.79 Å². The van der Waals surface area contributed by atoms with E-state index in [-0.39, 0.29) is 5.91 Å². The van der Waals surface area contributed by atoms with Crippen LogP contribution in [0.25, 0.3) is 0 Å². The van der Waals surface area contributed by atoms with Gasteiger partial charge in [-0.2, -0.15) is 5.10 Å². The molecular weight excluding hydrogens is 603 g/mol. The van der Waals surface area contributed by atoms with Gasteiger partial charge in [0.25, 0.3) is 5.91 Å². The average Bonchev–Trinajstić information content (AvgIpc) is 2.83. The zero-order valence-corrected chi connectivity index (χ0v) is 22.0. The van der Waals surface area contributed by atoms with Crippen LogP contribution in [0.3, 0.4) is 0 Å². The molecule has 0 atom stereocenters. The van der Waals surface area contributed by atoms with Crippen molar-refractivity contribution in [1.29, 1.82) is 0 Å². The van der Waals surface area contributed by atoms with Gasteiger partial charge in [0.2, 0.25) is 0 Å². The first-order chi connectivity index (χ1) is 15.9. The first-order valence-electron chi connectivity index (χ1n) is 9.75. The fourth-order valence-electron chi connectivity index (χ4n) is 2.90. The average molecular weight is 625 g/mol. The van der Waals surface area contributed by atoms with Crippen LogP contribution < -0.4 is 24.4 Å². The number of nitrogens with one attached hydrogen (secondary N) is 1. The lowest BCUT2D eigenvalue weighted by atomic mass is 10.2. The van der Waals surface area contributed by atoms with Crippen LogP contribution in [-0.4, -0.2) is 33.5 Å². The maximum Gasteiger partial charge on any atom is 0.271 e. The van der Waals surface area contributed by atoms with Gasteiger partial charge in [-0.1, -0.05) is 28.1 Å². The van der Waals surface area contributed by atoms with Gasteiger partial charge in [0.1, 0.15) is 6.61 Å². The summed E-state index contributed by atoms with van der Waals surface area (Å²) in [5.74, 6) is 1.86. The Bertz CT molecular complexity index is 1150. The van der Waals surface area contributed by atoms with Crippen LogP contribution in [0.5, 0.6) is 23.0 Å². The molecule has 0 saturated carbocycles. The Kier molecular flexibility index (Phi) is 8.95. The van der Waals surface area contributed by atoms with E-state index in [1.165, 1.54) is 14.2 Å². The first kappa shape index (κ1) is 24.8. The van der Waals surface area contributed by atoms with E-state index in [0.29, 0.717) is 35.2 Å². The molecule has 9 heteroatoms. The van der Waals surface area contributed by atoms with Crippen molar-refractivity contribution in [3.63, 3.8) is 0 Å². The molecule has 0 aliphatic rings. The Morgan fingerprint density at radius 3 is 2.33 bits per heavy atom. The lowest BCUT2D eigenvalue weighted by Gasteiger charge is -2.13. The lowest BCUT2D eigenvalue weighted by Crippen LogP contribution is -2.17. The Hall–Kier alpha value is -2.79. The Labute approximate surface area is 214 Å². The maximum absolute atomic E-state index is 12.4. The first-order valence-corrected chi connectivity index (χ1v) is 11.6. The van der Waals surface area contributed by atoms with E-state index in [1.807, 2.05) is 30.3 Å². The molecule has 0 aromatic heterocycles. The van der Waals surface area contributed by atoms with E-state index in [9.17, 15) is 4.79 Å². The number of carbonyl (C=O) groups excluding carboxylic acids is 1. The molecule has 172 valence electrons. The van der Waals surface area contributed by atoms with Crippen molar-refractivity contribution in [2.75, 3.05) is 21.3 Å². The van der Waals surface area contributed by atoms with Crippen LogP contribution >= 0.6 is 38.5 Å². The molecule has 0 spiro atoms. The number of ether oxygens (including phenoxy) is 4. The van der Waals surface area contributed by atoms with Crippen LogP contribution in [0.1, 0.15) is 21.5 Å². The van der Waals surface area contributed by atoms with E-state index >= 15 is 0 Å². The smallest absolute Gasteiger partial charge is 0.271 e. The quantitative estimate of drug-likeness (QED) is 0.195. The van der Waals surface area contributed by atoms with Crippen molar-refractivity contribution < 1.29 is 23.7 Å². The van der Waals surface area contributed by atoms with E-state index < -0.39 is 0 Å². The van der Waals surface area contributed by atoms with Gasteiger partial charge in [-0.15, -0.1) is 0 Å². The summed E-state index contributed by atoms with van der Waals surface area (Å²) < 4.78 is 23.8. The number of methoxy groups -OCH3 is 3. The third kappa shape index (κ3) is 6.61. The van der Waals surface area contributed by atoms with Gasteiger partial charge in [-0.25, -0.2) is 5.43 Å². The number of rotatable bonds is 9. The fraction of sp³-hybridized carbons (Fsp3) is 0.167. The van der Waals surface area contributed by atoms with Crippen molar-refractivity contribution in [2.24, 2.45) is 5.10 Å². The molecule has 0 heterocycles. The second kappa shape index (κ2) is 11.9. The normalized spacial score (nSPS) is 10.7. The topological polar surface area (TPSA) is 78.4 Å². The molecule has 1 amide bonds. The second-order valence-corrected chi connectivity index (χ2v) is 8.80. The highest BCUT2D eigenvalue weighted by Gasteiger charge is 2.13. The molecule has 0 unspecified atom stereocenters. The number of halogens is 2. The molecule has 7 nitrogen and oxygen atoms in total. The number of hydrazone groups is 1. The second-order valence-electron chi connectivity index (χ2n) is 6.72. The highest BCUT2D eigenvalue weighted by atomic mass is 127. The number of carbonyl (C=O) groups is 1.